The van der Waals surface area contributed by atoms with Crippen LogP contribution in [0.2, 0.25) is 0 Å². The Balaban J connectivity index is 2.44. The van der Waals surface area contributed by atoms with Crippen LogP contribution in [0.1, 0.15) is 37.4 Å². The molecule has 0 saturated carbocycles. The lowest BCUT2D eigenvalue weighted by Gasteiger charge is -2.13. The highest BCUT2D eigenvalue weighted by atomic mass is 79.9. The lowest BCUT2D eigenvalue weighted by atomic mass is 10.2. The molecule has 1 aromatic rings. The molecule has 0 spiro atoms. The first-order chi connectivity index (χ1) is 6.20. The number of hydrogen-bond donors (Lipinski definition) is 1. The number of rotatable bonds is 1. The molecule has 2 rings (SSSR count). The number of aliphatic hydroxyl groups excluding tert-OH is 1. The number of imidazole rings is 1. The topological polar surface area (TPSA) is 38.1 Å². The van der Waals surface area contributed by atoms with Crippen molar-refractivity contribution in [3.8, 4) is 0 Å². The second kappa shape index (κ2) is 3.42. The minimum absolute atomic E-state index is 0.479. The lowest BCUT2D eigenvalue weighted by Crippen LogP contribution is -2.10. The van der Waals surface area contributed by atoms with Gasteiger partial charge in [-0.3, -0.25) is 0 Å². The van der Waals surface area contributed by atoms with Crippen molar-refractivity contribution in [2.75, 3.05) is 0 Å². The third-order valence-corrected chi connectivity index (χ3v) is 3.27. The van der Waals surface area contributed by atoms with Gasteiger partial charge in [-0.05, 0) is 35.7 Å². The quantitative estimate of drug-likeness (QED) is 0.822. The summed E-state index contributed by atoms with van der Waals surface area (Å²) in [6.07, 6.45) is 2.97. The van der Waals surface area contributed by atoms with Crippen molar-refractivity contribution < 1.29 is 5.11 Å². The summed E-state index contributed by atoms with van der Waals surface area (Å²) in [7, 11) is 0. The van der Waals surface area contributed by atoms with Crippen molar-refractivity contribution in [2.45, 2.75) is 38.8 Å². The lowest BCUT2D eigenvalue weighted by molar-refractivity contribution is 0.193. The van der Waals surface area contributed by atoms with E-state index in [1.54, 1.807) is 6.92 Å². The van der Waals surface area contributed by atoms with E-state index in [4.69, 9.17) is 0 Å². The van der Waals surface area contributed by atoms with Gasteiger partial charge >= 0.3 is 0 Å². The fourth-order valence-corrected chi connectivity index (χ4v) is 2.54. The summed E-state index contributed by atoms with van der Waals surface area (Å²) in [5, 5.41) is 9.45. The number of aryl methyl sites for hydroxylation is 1. The number of aromatic nitrogens is 2. The molecule has 0 aromatic carbocycles. The van der Waals surface area contributed by atoms with E-state index in [1.165, 1.54) is 12.8 Å². The monoisotopic (exact) mass is 244 g/mol. The zero-order valence-electron chi connectivity index (χ0n) is 7.63. The first-order valence-electron chi connectivity index (χ1n) is 4.63. The van der Waals surface area contributed by atoms with Gasteiger partial charge in [-0.2, -0.15) is 0 Å². The minimum Gasteiger partial charge on any atom is -0.387 e. The minimum atomic E-state index is -0.479. The van der Waals surface area contributed by atoms with Crippen LogP contribution in [0.25, 0.3) is 0 Å². The van der Waals surface area contributed by atoms with E-state index in [2.05, 4.69) is 25.5 Å². The molecule has 0 fully saturated rings. The Morgan fingerprint density at radius 2 is 2.31 bits per heavy atom. The predicted octanol–water partition coefficient (Wildman–Crippen LogP) is 2.04. The van der Waals surface area contributed by atoms with Gasteiger partial charge in [0.05, 0.1) is 6.10 Å². The van der Waals surface area contributed by atoms with E-state index in [1.807, 2.05) is 0 Å². The van der Waals surface area contributed by atoms with Gasteiger partial charge in [0.25, 0.3) is 0 Å². The SMILES string of the molecule is CC(O)c1nc2n(c1Br)CCCC2. The van der Waals surface area contributed by atoms with Crippen molar-refractivity contribution in [1.29, 1.82) is 0 Å². The molecule has 72 valence electrons. The van der Waals surface area contributed by atoms with Crippen LogP contribution >= 0.6 is 15.9 Å². The molecule has 0 aliphatic carbocycles. The van der Waals surface area contributed by atoms with Gasteiger partial charge in [-0.25, -0.2) is 4.98 Å². The summed E-state index contributed by atoms with van der Waals surface area (Å²) in [4.78, 5) is 4.42. The van der Waals surface area contributed by atoms with E-state index in [0.29, 0.717) is 0 Å². The van der Waals surface area contributed by atoms with E-state index in [-0.39, 0.29) is 0 Å². The van der Waals surface area contributed by atoms with Gasteiger partial charge < -0.3 is 9.67 Å². The summed E-state index contributed by atoms with van der Waals surface area (Å²) in [6, 6.07) is 0. The van der Waals surface area contributed by atoms with Crippen LogP contribution in [0, 0.1) is 0 Å². The van der Waals surface area contributed by atoms with Crippen LogP contribution in [0.5, 0.6) is 0 Å². The molecule has 0 bridgehead atoms. The van der Waals surface area contributed by atoms with Gasteiger partial charge in [0, 0.05) is 13.0 Å². The van der Waals surface area contributed by atoms with Crippen LogP contribution in [0.4, 0.5) is 0 Å². The standard InChI is InChI=1S/C9H13BrN2O/c1-6(13)8-9(10)12-5-3-2-4-7(12)11-8/h6,13H,2-5H2,1H3. The fraction of sp³-hybridized carbons (Fsp3) is 0.667. The molecule has 13 heavy (non-hydrogen) atoms. The molecule has 3 nitrogen and oxygen atoms in total. The van der Waals surface area contributed by atoms with Crippen LogP contribution in [0.15, 0.2) is 4.60 Å². The average molecular weight is 245 g/mol. The summed E-state index contributed by atoms with van der Waals surface area (Å²) >= 11 is 3.48. The average Bonchev–Trinajstić information content (AvgIpc) is 2.45. The zero-order chi connectivity index (χ0) is 9.42. The summed E-state index contributed by atoms with van der Waals surface area (Å²) in [5.41, 5.74) is 0.775. The van der Waals surface area contributed by atoms with E-state index < -0.39 is 6.10 Å². The van der Waals surface area contributed by atoms with E-state index in [9.17, 15) is 5.11 Å². The van der Waals surface area contributed by atoms with Crippen molar-refractivity contribution in [3.05, 3.63) is 16.1 Å². The second-order valence-electron chi connectivity index (χ2n) is 3.49. The highest BCUT2D eigenvalue weighted by Gasteiger charge is 2.19. The second-order valence-corrected chi connectivity index (χ2v) is 4.24. The van der Waals surface area contributed by atoms with E-state index >= 15 is 0 Å². The predicted molar refractivity (Wildman–Crippen MR) is 53.5 cm³/mol. The molecule has 1 atom stereocenters. The van der Waals surface area contributed by atoms with Crippen molar-refractivity contribution in [3.63, 3.8) is 0 Å². The molecule has 0 saturated heterocycles. The third kappa shape index (κ3) is 1.53. The molecular weight excluding hydrogens is 232 g/mol. The Hall–Kier alpha value is -0.350. The normalized spacial score (nSPS) is 18.4. The van der Waals surface area contributed by atoms with Crippen LogP contribution < -0.4 is 0 Å². The Bertz CT molecular complexity index is 320. The number of nitrogens with zero attached hydrogens (tertiary/aromatic N) is 2. The van der Waals surface area contributed by atoms with Gasteiger partial charge in [0.2, 0.25) is 0 Å². The Labute approximate surface area is 85.9 Å². The van der Waals surface area contributed by atoms with Crippen molar-refractivity contribution >= 4 is 15.9 Å². The highest BCUT2D eigenvalue weighted by molar-refractivity contribution is 9.10. The largest absolute Gasteiger partial charge is 0.387 e. The van der Waals surface area contributed by atoms with E-state index in [0.717, 1.165) is 29.1 Å². The Morgan fingerprint density at radius 1 is 1.54 bits per heavy atom. The summed E-state index contributed by atoms with van der Waals surface area (Å²) in [5.74, 6) is 1.11. The molecule has 1 unspecified atom stereocenters. The molecule has 1 aliphatic heterocycles. The number of hydrogen-bond acceptors (Lipinski definition) is 2. The molecule has 0 radical (unpaired) electrons. The maximum absolute atomic E-state index is 9.45. The van der Waals surface area contributed by atoms with Crippen LogP contribution in [0.3, 0.4) is 0 Å². The first-order valence-corrected chi connectivity index (χ1v) is 5.42. The number of halogens is 1. The number of aliphatic hydroxyl groups is 1. The summed E-state index contributed by atoms with van der Waals surface area (Å²) < 4.78 is 3.11. The molecule has 2 heterocycles. The smallest absolute Gasteiger partial charge is 0.111 e. The van der Waals surface area contributed by atoms with Crippen LogP contribution in [-0.2, 0) is 13.0 Å². The van der Waals surface area contributed by atoms with Gasteiger partial charge in [0.15, 0.2) is 0 Å². The van der Waals surface area contributed by atoms with Gasteiger partial charge in [-0.1, -0.05) is 0 Å². The highest BCUT2D eigenvalue weighted by Crippen LogP contribution is 2.27. The van der Waals surface area contributed by atoms with Gasteiger partial charge in [-0.15, -0.1) is 0 Å². The van der Waals surface area contributed by atoms with Gasteiger partial charge in [0.1, 0.15) is 16.1 Å². The molecule has 0 amide bonds. The maximum Gasteiger partial charge on any atom is 0.111 e. The molecular formula is C9H13BrN2O. The third-order valence-electron chi connectivity index (χ3n) is 2.44. The molecule has 4 heteroatoms. The zero-order valence-corrected chi connectivity index (χ0v) is 9.21. The van der Waals surface area contributed by atoms with Crippen LogP contribution in [-0.4, -0.2) is 14.7 Å². The number of fused-ring (bicyclic) bond motifs is 1. The summed E-state index contributed by atoms with van der Waals surface area (Å²) in [6.45, 7) is 2.77. The van der Waals surface area contributed by atoms with Crippen molar-refractivity contribution in [1.82, 2.24) is 9.55 Å². The maximum atomic E-state index is 9.45. The molecule has 1 N–H and O–H groups in total. The Kier molecular flexibility index (Phi) is 2.43. The Morgan fingerprint density at radius 3 is 2.92 bits per heavy atom. The van der Waals surface area contributed by atoms with Crippen molar-refractivity contribution in [2.24, 2.45) is 0 Å². The molecule has 1 aromatic heterocycles. The first kappa shape index (κ1) is 9.21. The fourth-order valence-electron chi connectivity index (χ4n) is 1.73. The molecule has 1 aliphatic rings.